The van der Waals surface area contributed by atoms with Crippen LogP contribution in [0.2, 0.25) is 0 Å². The number of hydrogen-bond donors (Lipinski definition) is 0. The van der Waals surface area contributed by atoms with Crippen LogP contribution < -0.4 is 0 Å². The predicted molar refractivity (Wildman–Crippen MR) is 44.3 cm³/mol. The van der Waals surface area contributed by atoms with E-state index in [1.165, 1.54) is 6.42 Å². The van der Waals surface area contributed by atoms with Crippen LogP contribution in [0.4, 0.5) is 0 Å². The molecule has 0 saturated heterocycles. The number of ketones is 1. The fourth-order valence-corrected chi connectivity index (χ4v) is 2.16. The molecule has 2 rings (SSSR count). The highest BCUT2D eigenvalue weighted by atomic mass is 16.1. The fraction of sp³-hybridized carbons (Fsp3) is 0.700. The van der Waals surface area contributed by atoms with Gasteiger partial charge in [-0.15, -0.1) is 0 Å². The van der Waals surface area contributed by atoms with Crippen LogP contribution in [-0.4, -0.2) is 5.78 Å². The molecule has 0 heterocycles. The summed E-state index contributed by atoms with van der Waals surface area (Å²) in [6.07, 6.45) is 8.80. The zero-order chi connectivity index (χ0) is 7.68. The topological polar surface area (TPSA) is 17.1 Å². The average molecular weight is 150 g/mol. The Morgan fingerprint density at radius 2 is 2.27 bits per heavy atom. The Balaban J connectivity index is 2.19. The van der Waals surface area contributed by atoms with Crippen LogP contribution >= 0.6 is 0 Å². The van der Waals surface area contributed by atoms with Gasteiger partial charge in [-0.1, -0.05) is 11.6 Å². The van der Waals surface area contributed by atoms with Crippen molar-refractivity contribution in [3.63, 3.8) is 0 Å². The van der Waals surface area contributed by atoms with Gasteiger partial charge in [0.25, 0.3) is 0 Å². The van der Waals surface area contributed by atoms with Crippen LogP contribution in [0.1, 0.15) is 38.5 Å². The third kappa shape index (κ3) is 1.37. The lowest BCUT2D eigenvalue weighted by atomic mass is 9.87. The number of allylic oxidation sites excluding steroid dienone is 2. The maximum absolute atomic E-state index is 11.4. The van der Waals surface area contributed by atoms with Gasteiger partial charge in [0.15, 0.2) is 0 Å². The van der Waals surface area contributed by atoms with Crippen LogP contribution in [-0.2, 0) is 4.79 Å². The Morgan fingerprint density at radius 3 is 3.18 bits per heavy atom. The van der Waals surface area contributed by atoms with Crippen molar-refractivity contribution in [1.29, 1.82) is 0 Å². The minimum Gasteiger partial charge on any atom is -0.299 e. The van der Waals surface area contributed by atoms with Crippen molar-refractivity contribution in [1.82, 2.24) is 0 Å². The summed E-state index contributed by atoms with van der Waals surface area (Å²) >= 11 is 0. The molecule has 1 fully saturated rings. The molecule has 2 aliphatic carbocycles. The maximum Gasteiger partial charge on any atom is 0.136 e. The van der Waals surface area contributed by atoms with Crippen molar-refractivity contribution < 1.29 is 4.79 Å². The van der Waals surface area contributed by atoms with Crippen molar-refractivity contribution in [2.24, 2.45) is 5.92 Å². The first-order valence-electron chi connectivity index (χ1n) is 4.57. The van der Waals surface area contributed by atoms with E-state index in [-0.39, 0.29) is 0 Å². The lowest BCUT2D eigenvalue weighted by molar-refractivity contribution is -0.122. The molecule has 2 aliphatic rings. The highest BCUT2D eigenvalue weighted by Crippen LogP contribution is 2.32. The third-order valence-corrected chi connectivity index (χ3v) is 2.83. The molecule has 0 spiro atoms. The Labute approximate surface area is 67.5 Å². The van der Waals surface area contributed by atoms with E-state index in [1.54, 1.807) is 5.57 Å². The Hall–Kier alpha value is -0.590. The minimum atomic E-state index is 0.400. The molecule has 11 heavy (non-hydrogen) atoms. The molecular weight excluding hydrogens is 136 g/mol. The Bertz CT molecular complexity index is 203. The summed E-state index contributed by atoms with van der Waals surface area (Å²) in [5.41, 5.74) is 1.55. The van der Waals surface area contributed by atoms with Crippen molar-refractivity contribution in [2.45, 2.75) is 38.5 Å². The summed E-state index contributed by atoms with van der Waals surface area (Å²) in [5.74, 6) is 0.922. The van der Waals surface area contributed by atoms with Gasteiger partial charge in [0, 0.05) is 12.3 Å². The number of rotatable bonds is 0. The second kappa shape index (κ2) is 2.80. The van der Waals surface area contributed by atoms with Crippen LogP contribution in [0, 0.1) is 5.92 Å². The van der Waals surface area contributed by atoms with Crippen LogP contribution in [0.5, 0.6) is 0 Å². The van der Waals surface area contributed by atoms with Crippen molar-refractivity contribution in [3.05, 3.63) is 11.6 Å². The van der Waals surface area contributed by atoms with E-state index < -0.39 is 0 Å². The molecule has 0 N–H and O–H groups in total. The number of carbonyl (C=O) groups is 1. The molecule has 0 aromatic rings. The molecule has 0 radical (unpaired) electrons. The van der Waals surface area contributed by atoms with Gasteiger partial charge >= 0.3 is 0 Å². The quantitative estimate of drug-likeness (QED) is 0.485. The van der Waals surface area contributed by atoms with Gasteiger partial charge in [-0.25, -0.2) is 0 Å². The first-order valence-corrected chi connectivity index (χ1v) is 4.57. The second-order valence-electron chi connectivity index (χ2n) is 3.66. The summed E-state index contributed by atoms with van der Waals surface area (Å²) in [5, 5.41) is 0. The van der Waals surface area contributed by atoms with Gasteiger partial charge < -0.3 is 0 Å². The molecule has 0 unspecified atom stereocenters. The number of fused-ring (bicyclic) bond motifs is 2. The number of Topliss-reactive ketones (excluding diaryl/α,β-unsaturated/α-hetero) is 1. The van der Waals surface area contributed by atoms with E-state index in [0.29, 0.717) is 11.7 Å². The molecule has 0 aliphatic heterocycles. The van der Waals surface area contributed by atoms with E-state index in [4.69, 9.17) is 0 Å². The molecule has 1 heteroatoms. The summed E-state index contributed by atoms with van der Waals surface area (Å²) in [6.45, 7) is 0. The first kappa shape index (κ1) is 7.08. The summed E-state index contributed by atoms with van der Waals surface area (Å²) in [4.78, 5) is 11.4. The van der Waals surface area contributed by atoms with E-state index in [0.717, 1.165) is 32.1 Å². The van der Waals surface area contributed by atoms with E-state index in [9.17, 15) is 4.79 Å². The van der Waals surface area contributed by atoms with E-state index in [2.05, 4.69) is 6.08 Å². The zero-order valence-electron chi connectivity index (χ0n) is 6.81. The normalized spacial score (nSPS) is 31.1. The highest BCUT2D eigenvalue weighted by Gasteiger charge is 2.24. The fourth-order valence-electron chi connectivity index (χ4n) is 2.16. The van der Waals surface area contributed by atoms with Gasteiger partial charge in [0.1, 0.15) is 5.78 Å². The molecule has 2 bridgehead atoms. The monoisotopic (exact) mass is 150 g/mol. The zero-order valence-corrected chi connectivity index (χ0v) is 6.81. The van der Waals surface area contributed by atoms with Crippen molar-refractivity contribution in [3.8, 4) is 0 Å². The summed E-state index contributed by atoms with van der Waals surface area (Å²) in [7, 11) is 0. The van der Waals surface area contributed by atoms with Gasteiger partial charge in [-0.05, 0) is 32.1 Å². The molecule has 1 nitrogen and oxygen atoms in total. The molecule has 1 atom stereocenters. The van der Waals surface area contributed by atoms with Crippen molar-refractivity contribution in [2.75, 3.05) is 0 Å². The standard InChI is InChI=1S/C10H14O/c11-10-6-2-4-8-3-1-5-9(10)7-8/h3,9H,1-2,4-7H2/t9-/m0/s1. The summed E-state index contributed by atoms with van der Waals surface area (Å²) < 4.78 is 0. The lowest BCUT2D eigenvalue weighted by Crippen LogP contribution is -2.14. The molecule has 1 saturated carbocycles. The van der Waals surface area contributed by atoms with Crippen LogP contribution in [0.3, 0.4) is 0 Å². The van der Waals surface area contributed by atoms with Gasteiger partial charge in [-0.2, -0.15) is 0 Å². The first-order chi connectivity index (χ1) is 5.36. The Morgan fingerprint density at radius 1 is 1.36 bits per heavy atom. The smallest absolute Gasteiger partial charge is 0.136 e. The minimum absolute atomic E-state index is 0.400. The number of carbonyl (C=O) groups excluding carboxylic acids is 1. The number of hydrogen-bond acceptors (Lipinski definition) is 1. The van der Waals surface area contributed by atoms with Gasteiger partial charge in [0.2, 0.25) is 0 Å². The molecule has 0 aromatic heterocycles. The molecule has 60 valence electrons. The average Bonchev–Trinajstić information content (AvgIpc) is 2.14. The molecular formula is C10H14O. The highest BCUT2D eigenvalue weighted by molar-refractivity contribution is 5.81. The largest absolute Gasteiger partial charge is 0.299 e. The lowest BCUT2D eigenvalue weighted by Gasteiger charge is -2.17. The van der Waals surface area contributed by atoms with Gasteiger partial charge in [-0.3, -0.25) is 4.79 Å². The van der Waals surface area contributed by atoms with Gasteiger partial charge in [0.05, 0.1) is 0 Å². The Kier molecular flexibility index (Phi) is 1.80. The van der Waals surface area contributed by atoms with Crippen molar-refractivity contribution >= 4 is 5.78 Å². The predicted octanol–water partition coefficient (Wildman–Crippen LogP) is 2.47. The SMILES string of the molecule is O=C1CCCC2=CCC[C@H]1C2. The van der Waals surface area contributed by atoms with E-state index in [1.807, 2.05) is 0 Å². The molecule has 0 amide bonds. The third-order valence-electron chi connectivity index (χ3n) is 2.83. The van der Waals surface area contributed by atoms with Crippen LogP contribution in [0.25, 0.3) is 0 Å². The maximum atomic E-state index is 11.4. The van der Waals surface area contributed by atoms with E-state index >= 15 is 0 Å². The second-order valence-corrected chi connectivity index (χ2v) is 3.66. The molecule has 0 aromatic carbocycles. The van der Waals surface area contributed by atoms with Crippen LogP contribution in [0.15, 0.2) is 11.6 Å². The summed E-state index contributed by atoms with van der Waals surface area (Å²) in [6, 6.07) is 0.